The Morgan fingerprint density at radius 1 is 1.50 bits per heavy atom. The number of ether oxygens (including phenoxy) is 1. The standard InChI is InChI=1S/C14H17FN2O/c15-14-12(7-16)4-1-5-13(14)10-18-9-11-3-2-6-17-8-11/h1,4-5,11,17H,2-3,6,8-10H2. The molecule has 3 nitrogen and oxygen atoms in total. The summed E-state index contributed by atoms with van der Waals surface area (Å²) in [6, 6.07) is 6.66. The SMILES string of the molecule is N#Cc1cccc(COCC2CCCNC2)c1F. The zero-order chi connectivity index (χ0) is 12.8. The Balaban J connectivity index is 1.84. The van der Waals surface area contributed by atoms with Gasteiger partial charge < -0.3 is 10.1 Å². The minimum atomic E-state index is -0.457. The Kier molecular flexibility index (Phi) is 4.68. The van der Waals surface area contributed by atoms with Gasteiger partial charge in [0.05, 0.1) is 18.8 Å². The maximum absolute atomic E-state index is 13.7. The van der Waals surface area contributed by atoms with Crippen molar-refractivity contribution in [2.24, 2.45) is 5.92 Å². The Bertz CT molecular complexity index is 436. The van der Waals surface area contributed by atoms with Crippen molar-refractivity contribution in [3.05, 3.63) is 35.1 Å². The molecule has 0 saturated carbocycles. The second-order valence-electron chi connectivity index (χ2n) is 4.62. The van der Waals surface area contributed by atoms with Crippen molar-refractivity contribution in [1.29, 1.82) is 5.26 Å². The van der Waals surface area contributed by atoms with Crippen LogP contribution >= 0.6 is 0 Å². The quantitative estimate of drug-likeness (QED) is 0.888. The average molecular weight is 248 g/mol. The van der Waals surface area contributed by atoms with Crippen LogP contribution in [0.15, 0.2) is 18.2 Å². The third-order valence-corrected chi connectivity index (χ3v) is 3.21. The van der Waals surface area contributed by atoms with Crippen LogP contribution in [0.3, 0.4) is 0 Å². The van der Waals surface area contributed by atoms with Crippen LogP contribution < -0.4 is 5.32 Å². The predicted molar refractivity (Wildman–Crippen MR) is 66.4 cm³/mol. The third-order valence-electron chi connectivity index (χ3n) is 3.21. The Morgan fingerprint density at radius 2 is 2.39 bits per heavy atom. The summed E-state index contributed by atoms with van der Waals surface area (Å²) < 4.78 is 19.3. The lowest BCUT2D eigenvalue weighted by atomic mass is 10.0. The number of hydrogen-bond acceptors (Lipinski definition) is 3. The van der Waals surface area contributed by atoms with E-state index in [0.717, 1.165) is 19.5 Å². The molecule has 0 radical (unpaired) electrons. The molecule has 1 fully saturated rings. The number of rotatable bonds is 4. The second-order valence-corrected chi connectivity index (χ2v) is 4.62. The summed E-state index contributed by atoms with van der Waals surface area (Å²) in [5, 5.41) is 12.0. The fraction of sp³-hybridized carbons (Fsp3) is 0.500. The molecule has 1 aromatic carbocycles. The first kappa shape index (κ1) is 13.0. The maximum atomic E-state index is 13.7. The molecular weight excluding hydrogens is 231 g/mol. The topological polar surface area (TPSA) is 45.0 Å². The lowest BCUT2D eigenvalue weighted by Crippen LogP contribution is -2.32. The van der Waals surface area contributed by atoms with Crippen LogP contribution in [0.4, 0.5) is 4.39 Å². The van der Waals surface area contributed by atoms with Gasteiger partial charge in [-0.05, 0) is 31.4 Å². The summed E-state index contributed by atoms with van der Waals surface area (Å²) in [6.07, 6.45) is 2.33. The summed E-state index contributed by atoms with van der Waals surface area (Å²) in [7, 11) is 0. The maximum Gasteiger partial charge on any atom is 0.146 e. The number of nitriles is 1. The minimum Gasteiger partial charge on any atom is -0.376 e. The highest BCUT2D eigenvalue weighted by atomic mass is 19.1. The van der Waals surface area contributed by atoms with E-state index >= 15 is 0 Å². The van der Waals surface area contributed by atoms with Crippen LogP contribution in [0.2, 0.25) is 0 Å². The molecular formula is C14H17FN2O. The number of hydrogen-bond donors (Lipinski definition) is 1. The van der Waals surface area contributed by atoms with Gasteiger partial charge in [0.2, 0.25) is 0 Å². The van der Waals surface area contributed by atoms with Crippen LogP contribution in [0.5, 0.6) is 0 Å². The lowest BCUT2D eigenvalue weighted by molar-refractivity contribution is 0.0766. The first-order valence-electron chi connectivity index (χ1n) is 6.27. The average Bonchev–Trinajstić information content (AvgIpc) is 2.42. The molecule has 0 amide bonds. The summed E-state index contributed by atoms with van der Waals surface area (Å²) in [5.41, 5.74) is 0.535. The van der Waals surface area contributed by atoms with Crippen molar-refractivity contribution in [1.82, 2.24) is 5.32 Å². The number of nitrogens with one attached hydrogen (secondary N) is 1. The van der Waals surface area contributed by atoms with Crippen LogP contribution in [-0.4, -0.2) is 19.7 Å². The van der Waals surface area contributed by atoms with Gasteiger partial charge in [-0.15, -0.1) is 0 Å². The van der Waals surface area contributed by atoms with Gasteiger partial charge in [-0.25, -0.2) is 4.39 Å². The summed E-state index contributed by atoms with van der Waals surface area (Å²) in [6.45, 7) is 2.93. The predicted octanol–water partition coefficient (Wildman–Crippen LogP) is 2.21. The highest BCUT2D eigenvalue weighted by Crippen LogP contribution is 2.15. The molecule has 0 bridgehead atoms. The van der Waals surface area contributed by atoms with Gasteiger partial charge in [0, 0.05) is 12.1 Å². The van der Waals surface area contributed by atoms with E-state index in [1.54, 1.807) is 12.1 Å². The second kappa shape index (κ2) is 6.48. The molecule has 0 aromatic heterocycles. The number of piperidine rings is 1. The molecule has 1 unspecified atom stereocenters. The normalized spacial score (nSPS) is 19.4. The Hall–Kier alpha value is -1.44. The van der Waals surface area contributed by atoms with Crippen molar-refractivity contribution < 1.29 is 9.13 Å². The van der Waals surface area contributed by atoms with Crippen molar-refractivity contribution in [2.45, 2.75) is 19.4 Å². The van der Waals surface area contributed by atoms with E-state index in [9.17, 15) is 4.39 Å². The molecule has 1 aliphatic rings. The Morgan fingerprint density at radius 3 is 3.11 bits per heavy atom. The van der Waals surface area contributed by atoms with Crippen molar-refractivity contribution >= 4 is 0 Å². The Labute approximate surface area is 107 Å². The zero-order valence-corrected chi connectivity index (χ0v) is 10.3. The van der Waals surface area contributed by atoms with Crippen molar-refractivity contribution in [3.8, 4) is 6.07 Å². The van der Waals surface area contributed by atoms with Gasteiger partial charge in [-0.3, -0.25) is 0 Å². The van der Waals surface area contributed by atoms with E-state index in [2.05, 4.69) is 5.32 Å². The molecule has 1 atom stereocenters. The van der Waals surface area contributed by atoms with Gasteiger partial charge in [-0.1, -0.05) is 12.1 Å². The number of nitrogens with zero attached hydrogens (tertiary/aromatic N) is 1. The highest BCUT2D eigenvalue weighted by molar-refractivity contribution is 5.34. The first-order chi connectivity index (χ1) is 8.81. The molecule has 0 aliphatic carbocycles. The van der Waals surface area contributed by atoms with Crippen LogP contribution in [0.25, 0.3) is 0 Å². The summed E-state index contributed by atoms with van der Waals surface area (Å²) in [5.74, 6) is 0.0581. The fourth-order valence-corrected chi connectivity index (χ4v) is 2.18. The molecule has 2 rings (SSSR count). The smallest absolute Gasteiger partial charge is 0.146 e. The molecule has 1 aliphatic heterocycles. The molecule has 18 heavy (non-hydrogen) atoms. The largest absolute Gasteiger partial charge is 0.376 e. The highest BCUT2D eigenvalue weighted by Gasteiger charge is 2.13. The molecule has 96 valence electrons. The molecule has 1 N–H and O–H groups in total. The van der Waals surface area contributed by atoms with E-state index in [4.69, 9.17) is 10.00 Å². The van der Waals surface area contributed by atoms with Crippen molar-refractivity contribution in [3.63, 3.8) is 0 Å². The van der Waals surface area contributed by atoms with Crippen molar-refractivity contribution in [2.75, 3.05) is 19.7 Å². The van der Waals surface area contributed by atoms with E-state index in [0.29, 0.717) is 18.1 Å². The molecule has 0 spiro atoms. The number of benzene rings is 1. The number of halogens is 1. The van der Waals surface area contributed by atoms with Gasteiger partial charge in [0.15, 0.2) is 0 Å². The monoisotopic (exact) mass is 248 g/mol. The molecule has 4 heteroatoms. The van der Waals surface area contributed by atoms with E-state index < -0.39 is 5.82 Å². The minimum absolute atomic E-state index is 0.0791. The first-order valence-corrected chi connectivity index (χ1v) is 6.27. The third kappa shape index (κ3) is 3.28. The fourth-order valence-electron chi connectivity index (χ4n) is 2.18. The molecule has 1 aromatic rings. The van der Waals surface area contributed by atoms with Gasteiger partial charge in [0.1, 0.15) is 11.9 Å². The van der Waals surface area contributed by atoms with Crippen LogP contribution in [0.1, 0.15) is 24.0 Å². The summed E-state index contributed by atoms with van der Waals surface area (Å²) >= 11 is 0. The summed E-state index contributed by atoms with van der Waals surface area (Å²) in [4.78, 5) is 0. The molecule has 1 heterocycles. The van der Waals surface area contributed by atoms with E-state index in [1.165, 1.54) is 12.5 Å². The van der Waals surface area contributed by atoms with Gasteiger partial charge in [-0.2, -0.15) is 5.26 Å². The van der Waals surface area contributed by atoms with Crippen LogP contribution in [-0.2, 0) is 11.3 Å². The van der Waals surface area contributed by atoms with Crippen LogP contribution in [0, 0.1) is 23.1 Å². The van der Waals surface area contributed by atoms with Gasteiger partial charge >= 0.3 is 0 Å². The lowest BCUT2D eigenvalue weighted by Gasteiger charge is -2.22. The van der Waals surface area contributed by atoms with E-state index in [-0.39, 0.29) is 12.2 Å². The van der Waals surface area contributed by atoms with E-state index in [1.807, 2.05) is 6.07 Å². The zero-order valence-electron chi connectivity index (χ0n) is 10.3. The molecule has 1 saturated heterocycles. The van der Waals surface area contributed by atoms with Gasteiger partial charge in [0.25, 0.3) is 0 Å².